The molecule has 0 radical (unpaired) electrons. The van der Waals surface area contributed by atoms with E-state index < -0.39 is 0 Å². The van der Waals surface area contributed by atoms with E-state index in [0.29, 0.717) is 6.04 Å². The normalized spacial score (nSPS) is 29.6. The minimum atomic E-state index is -0.0283. The van der Waals surface area contributed by atoms with Gasteiger partial charge in [-0.05, 0) is 37.1 Å². The van der Waals surface area contributed by atoms with Gasteiger partial charge >= 0.3 is 0 Å². The molecule has 1 aromatic rings. The summed E-state index contributed by atoms with van der Waals surface area (Å²) in [6.45, 7) is 2.42. The molecule has 2 fully saturated rings. The molecular formula is C16H24N2O2. The van der Waals surface area contributed by atoms with Gasteiger partial charge in [-0.3, -0.25) is 0 Å². The molecule has 4 heteroatoms. The van der Waals surface area contributed by atoms with Crippen LogP contribution in [0.2, 0.25) is 0 Å². The van der Waals surface area contributed by atoms with Crippen molar-refractivity contribution in [3.05, 3.63) is 24.3 Å². The van der Waals surface area contributed by atoms with Crippen molar-refractivity contribution >= 4 is 11.4 Å². The smallest absolute Gasteiger partial charge is 0.0956 e. The van der Waals surface area contributed by atoms with Crippen molar-refractivity contribution in [2.45, 2.75) is 30.9 Å². The van der Waals surface area contributed by atoms with Crippen LogP contribution in [0.15, 0.2) is 24.3 Å². The summed E-state index contributed by atoms with van der Waals surface area (Å²) in [5.74, 6) is 0. The number of nitrogens with one attached hydrogen (secondary N) is 1. The molecule has 0 amide bonds. The van der Waals surface area contributed by atoms with Crippen molar-refractivity contribution in [2.75, 3.05) is 44.1 Å². The second kappa shape index (κ2) is 5.62. The Morgan fingerprint density at radius 1 is 1.20 bits per heavy atom. The lowest BCUT2D eigenvalue weighted by Gasteiger charge is -2.37. The second-order valence-corrected chi connectivity index (χ2v) is 6.11. The number of benzene rings is 1. The Hall–Kier alpha value is -1.26. The molecule has 2 aliphatic rings. The SMILES string of the molecule is CN(C)c1ccc(NC2CCOC3(CCOC3)C2)cc1. The van der Waals surface area contributed by atoms with Gasteiger partial charge in [-0.2, -0.15) is 0 Å². The lowest BCUT2D eigenvalue weighted by atomic mass is 9.89. The standard InChI is InChI=1S/C16H24N2O2/c1-18(2)15-5-3-13(4-6-15)17-14-7-9-20-16(11-14)8-10-19-12-16/h3-6,14,17H,7-12H2,1-2H3. The largest absolute Gasteiger partial charge is 0.382 e. The monoisotopic (exact) mass is 276 g/mol. The van der Waals surface area contributed by atoms with Crippen molar-refractivity contribution in [3.63, 3.8) is 0 Å². The van der Waals surface area contributed by atoms with E-state index in [9.17, 15) is 0 Å². The molecule has 0 aliphatic carbocycles. The zero-order valence-corrected chi connectivity index (χ0v) is 12.4. The highest BCUT2D eigenvalue weighted by molar-refractivity contribution is 5.54. The average Bonchev–Trinajstić information content (AvgIpc) is 2.87. The summed E-state index contributed by atoms with van der Waals surface area (Å²) in [6, 6.07) is 9.09. The molecule has 20 heavy (non-hydrogen) atoms. The van der Waals surface area contributed by atoms with Gasteiger partial charge in [-0.15, -0.1) is 0 Å². The van der Waals surface area contributed by atoms with Crippen molar-refractivity contribution in [1.82, 2.24) is 0 Å². The number of rotatable bonds is 3. The van der Waals surface area contributed by atoms with Crippen LogP contribution in [-0.4, -0.2) is 45.6 Å². The van der Waals surface area contributed by atoms with Crippen molar-refractivity contribution in [3.8, 4) is 0 Å². The van der Waals surface area contributed by atoms with Crippen LogP contribution in [0, 0.1) is 0 Å². The number of hydrogen-bond acceptors (Lipinski definition) is 4. The first-order valence-corrected chi connectivity index (χ1v) is 7.43. The third kappa shape index (κ3) is 2.91. The Balaban J connectivity index is 1.62. The Morgan fingerprint density at radius 2 is 2.00 bits per heavy atom. The van der Waals surface area contributed by atoms with E-state index in [0.717, 1.165) is 39.1 Å². The quantitative estimate of drug-likeness (QED) is 0.919. The maximum atomic E-state index is 5.97. The van der Waals surface area contributed by atoms with Crippen molar-refractivity contribution in [1.29, 1.82) is 0 Å². The van der Waals surface area contributed by atoms with Gasteiger partial charge in [0.15, 0.2) is 0 Å². The van der Waals surface area contributed by atoms with Gasteiger partial charge in [0.2, 0.25) is 0 Å². The Labute approximate surface area is 121 Å². The van der Waals surface area contributed by atoms with Gasteiger partial charge < -0.3 is 19.7 Å². The van der Waals surface area contributed by atoms with E-state index in [4.69, 9.17) is 9.47 Å². The summed E-state index contributed by atoms with van der Waals surface area (Å²) in [5.41, 5.74) is 2.39. The fourth-order valence-corrected chi connectivity index (χ4v) is 3.11. The molecular weight excluding hydrogens is 252 g/mol. The van der Waals surface area contributed by atoms with E-state index in [1.807, 2.05) is 0 Å². The zero-order chi connectivity index (χ0) is 14.0. The zero-order valence-electron chi connectivity index (χ0n) is 12.4. The Bertz CT molecular complexity index is 438. The first-order valence-electron chi connectivity index (χ1n) is 7.43. The van der Waals surface area contributed by atoms with Gasteiger partial charge in [0.05, 0.1) is 12.2 Å². The minimum absolute atomic E-state index is 0.0283. The van der Waals surface area contributed by atoms with Crippen LogP contribution in [0.25, 0.3) is 0 Å². The third-order valence-corrected chi connectivity index (χ3v) is 4.31. The lowest BCUT2D eigenvalue weighted by molar-refractivity contribution is -0.0828. The highest BCUT2D eigenvalue weighted by Gasteiger charge is 2.40. The Morgan fingerprint density at radius 3 is 2.65 bits per heavy atom. The highest BCUT2D eigenvalue weighted by Crippen LogP contribution is 2.34. The van der Waals surface area contributed by atoms with Crippen LogP contribution in [0.1, 0.15) is 19.3 Å². The van der Waals surface area contributed by atoms with E-state index in [2.05, 4.69) is 48.6 Å². The summed E-state index contributed by atoms with van der Waals surface area (Å²) in [4.78, 5) is 2.11. The van der Waals surface area contributed by atoms with Gasteiger partial charge in [0, 0.05) is 51.1 Å². The molecule has 2 atom stereocenters. The van der Waals surface area contributed by atoms with Crippen molar-refractivity contribution in [2.24, 2.45) is 0 Å². The predicted octanol–water partition coefficient (Wildman–Crippen LogP) is 2.50. The minimum Gasteiger partial charge on any atom is -0.382 e. The molecule has 2 heterocycles. The maximum Gasteiger partial charge on any atom is 0.0956 e. The third-order valence-electron chi connectivity index (χ3n) is 4.31. The van der Waals surface area contributed by atoms with Crippen molar-refractivity contribution < 1.29 is 9.47 Å². The van der Waals surface area contributed by atoms with Gasteiger partial charge in [0.1, 0.15) is 0 Å². The molecule has 4 nitrogen and oxygen atoms in total. The first kappa shape index (κ1) is 13.7. The summed E-state index contributed by atoms with van der Waals surface area (Å²) in [5, 5.41) is 3.64. The van der Waals surface area contributed by atoms with Crippen LogP contribution < -0.4 is 10.2 Å². The number of ether oxygens (including phenoxy) is 2. The number of anilines is 2. The molecule has 110 valence electrons. The van der Waals surface area contributed by atoms with Gasteiger partial charge in [-0.25, -0.2) is 0 Å². The van der Waals surface area contributed by atoms with E-state index >= 15 is 0 Å². The fourth-order valence-electron chi connectivity index (χ4n) is 3.11. The molecule has 0 saturated carbocycles. The Kier molecular flexibility index (Phi) is 3.85. The molecule has 1 N–H and O–H groups in total. The van der Waals surface area contributed by atoms with E-state index in [1.165, 1.54) is 11.4 Å². The predicted molar refractivity (Wildman–Crippen MR) is 81.5 cm³/mol. The summed E-state index contributed by atoms with van der Waals surface area (Å²) in [6.07, 6.45) is 3.14. The first-order chi connectivity index (χ1) is 9.67. The average molecular weight is 276 g/mol. The van der Waals surface area contributed by atoms with Crippen LogP contribution in [0.5, 0.6) is 0 Å². The van der Waals surface area contributed by atoms with E-state index in [-0.39, 0.29) is 5.60 Å². The van der Waals surface area contributed by atoms with Crippen LogP contribution >= 0.6 is 0 Å². The van der Waals surface area contributed by atoms with Crippen LogP contribution in [-0.2, 0) is 9.47 Å². The molecule has 0 aromatic heterocycles. The number of hydrogen-bond donors (Lipinski definition) is 1. The van der Waals surface area contributed by atoms with Crippen LogP contribution in [0.4, 0.5) is 11.4 Å². The molecule has 0 bridgehead atoms. The summed E-state index contributed by atoms with van der Waals surface area (Å²) in [7, 11) is 4.12. The fraction of sp³-hybridized carbons (Fsp3) is 0.625. The number of nitrogens with zero attached hydrogens (tertiary/aromatic N) is 1. The van der Waals surface area contributed by atoms with Crippen LogP contribution in [0.3, 0.4) is 0 Å². The highest BCUT2D eigenvalue weighted by atomic mass is 16.6. The molecule has 1 aromatic carbocycles. The topological polar surface area (TPSA) is 33.7 Å². The lowest BCUT2D eigenvalue weighted by Crippen LogP contribution is -2.44. The molecule has 2 unspecified atom stereocenters. The maximum absolute atomic E-state index is 5.97. The van der Waals surface area contributed by atoms with E-state index in [1.54, 1.807) is 0 Å². The molecule has 2 saturated heterocycles. The molecule has 1 spiro atoms. The summed E-state index contributed by atoms with van der Waals surface area (Å²) < 4.78 is 11.5. The molecule has 3 rings (SSSR count). The molecule has 2 aliphatic heterocycles. The second-order valence-electron chi connectivity index (χ2n) is 6.11. The summed E-state index contributed by atoms with van der Waals surface area (Å²) >= 11 is 0. The van der Waals surface area contributed by atoms with Gasteiger partial charge in [0.25, 0.3) is 0 Å². The van der Waals surface area contributed by atoms with Gasteiger partial charge in [-0.1, -0.05) is 0 Å².